The molecule has 1 saturated heterocycles. The van der Waals surface area contributed by atoms with Crippen molar-refractivity contribution in [1.29, 1.82) is 5.26 Å². The van der Waals surface area contributed by atoms with Crippen molar-refractivity contribution in [3.8, 4) is 6.07 Å². The van der Waals surface area contributed by atoms with Crippen molar-refractivity contribution in [2.24, 2.45) is 11.1 Å². The number of halogens is 1. The van der Waals surface area contributed by atoms with Gasteiger partial charge in [0, 0.05) is 23.5 Å². The molecule has 152 valence electrons. The average molecular weight is 417 g/mol. The van der Waals surface area contributed by atoms with E-state index < -0.39 is 29.0 Å². The third-order valence-corrected chi connectivity index (χ3v) is 5.34. The number of fused-ring (bicyclic) bond motifs is 1. The number of hydrogen-bond acceptors (Lipinski definition) is 6. The molecule has 0 saturated carbocycles. The van der Waals surface area contributed by atoms with E-state index in [-0.39, 0.29) is 18.1 Å². The van der Waals surface area contributed by atoms with E-state index in [0.29, 0.717) is 22.5 Å². The van der Waals surface area contributed by atoms with Gasteiger partial charge in [-0.25, -0.2) is 14.8 Å². The summed E-state index contributed by atoms with van der Waals surface area (Å²) in [5.41, 5.74) is 3.66. The Bertz CT molecular complexity index is 1040. The van der Waals surface area contributed by atoms with Crippen molar-refractivity contribution in [2.45, 2.75) is 32.4 Å². The van der Waals surface area contributed by atoms with Crippen LogP contribution in [-0.2, 0) is 10.3 Å². The first-order valence-electron chi connectivity index (χ1n) is 8.95. The van der Waals surface area contributed by atoms with Crippen LogP contribution in [0.2, 0.25) is 5.02 Å². The van der Waals surface area contributed by atoms with Gasteiger partial charge in [0.15, 0.2) is 17.1 Å². The van der Waals surface area contributed by atoms with Crippen molar-refractivity contribution in [3.05, 3.63) is 34.7 Å². The second kappa shape index (κ2) is 7.13. The molecule has 1 aromatic carbocycles. The van der Waals surface area contributed by atoms with Crippen LogP contribution in [-0.4, -0.2) is 51.1 Å². The minimum Gasteiger partial charge on any atom is -0.465 e. The lowest BCUT2D eigenvalue weighted by molar-refractivity contribution is -0.138. The Kier molecular flexibility index (Phi) is 5.11. The SMILES string of the molecule is CC(C)(C)C1NCCN(C(=O)O)C1(C(N)=O)c1nc(C#N)c2ccc(Cl)cc2n1. The number of amides is 2. The maximum atomic E-state index is 12.9. The summed E-state index contributed by atoms with van der Waals surface area (Å²) in [4.78, 5) is 34.8. The average Bonchev–Trinajstić information content (AvgIpc) is 2.64. The fourth-order valence-electron chi connectivity index (χ4n) is 3.97. The summed E-state index contributed by atoms with van der Waals surface area (Å²) in [6.07, 6.45) is -1.33. The number of nitriles is 1. The largest absolute Gasteiger partial charge is 0.465 e. The smallest absolute Gasteiger partial charge is 0.408 e. The molecule has 3 rings (SSSR count). The standard InChI is InChI=1S/C19H21ClN6O3/c1-18(2,3)14-19(15(22)27,26(17(28)29)7-6-23-14)16-24-12-8-10(20)4-5-11(12)13(9-21)25-16/h4-5,8,14,23H,6-7H2,1-3H3,(H2,22,27)(H,28,29). The number of hydrogen-bond donors (Lipinski definition) is 3. The molecule has 2 unspecified atom stereocenters. The number of nitrogens with one attached hydrogen (secondary N) is 1. The van der Waals surface area contributed by atoms with Gasteiger partial charge in [-0.05, 0) is 23.6 Å². The summed E-state index contributed by atoms with van der Waals surface area (Å²) < 4.78 is 0. The maximum Gasteiger partial charge on any atom is 0.408 e. The topological polar surface area (TPSA) is 145 Å². The predicted octanol–water partition coefficient (Wildman–Crippen LogP) is 1.83. The van der Waals surface area contributed by atoms with E-state index in [2.05, 4.69) is 15.3 Å². The number of benzene rings is 1. The zero-order chi connectivity index (χ0) is 21.6. The van der Waals surface area contributed by atoms with Gasteiger partial charge in [-0.15, -0.1) is 0 Å². The summed E-state index contributed by atoms with van der Waals surface area (Å²) in [6.45, 7) is 5.90. The highest BCUT2D eigenvalue weighted by atomic mass is 35.5. The maximum absolute atomic E-state index is 12.9. The Morgan fingerprint density at radius 1 is 1.41 bits per heavy atom. The number of carbonyl (C=O) groups excluding carboxylic acids is 1. The zero-order valence-electron chi connectivity index (χ0n) is 16.2. The second-order valence-electron chi connectivity index (χ2n) is 7.99. The number of aromatic nitrogens is 2. The number of primary amides is 1. The first kappa shape index (κ1) is 20.8. The van der Waals surface area contributed by atoms with Crippen molar-refractivity contribution < 1.29 is 14.7 Å². The number of piperazine rings is 1. The van der Waals surface area contributed by atoms with Crippen LogP contribution in [0.1, 0.15) is 32.3 Å². The molecule has 1 aromatic heterocycles. The summed E-state index contributed by atoms with van der Waals surface area (Å²) >= 11 is 6.08. The van der Waals surface area contributed by atoms with Gasteiger partial charge >= 0.3 is 6.09 Å². The summed E-state index contributed by atoms with van der Waals surface area (Å²) in [5, 5.41) is 23.6. The lowest BCUT2D eigenvalue weighted by Crippen LogP contribution is -2.74. The van der Waals surface area contributed by atoms with Gasteiger partial charge in [0.1, 0.15) is 6.07 Å². The molecule has 2 atom stereocenters. The van der Waals surface area contributed by atoms with Crippen LogP contribution in [0.4, 0.5) is 4.79 Å². The predicted molar refractivity (Wildman–Crippen MR) is 106 cm³/mol. The van der Waals surface area contributed by atoms with E-state index in [1.807, 2.05) is 26.8 Å². The molecule has 29 heavy (non-hydrogen) atoms. The van der Waals surface area contributed by atoms with Gasteiger partial charge in [-0.3, -0.25) is 9.69 Å². The first-order chi connectivity index (χ1) is 13.5. The number of nitrogens with two attached hydrogens (primary N) is 1. The molecule has 9 nitrogen and oxygen atoms in total. The Balaban J connectivity index is 2.43. The van der Waals surface area contributed by atoms with Crippen molar-refractivity contribution >= 4 is 34.5 Å². The van der Waals surface area contributed by atoms with Crippen LogP contribution in [0, 0.1) is 16.7 Å². The summed E-state index contributed by atoms with van der Waals surface area (Å²) in [7, 11) is 0. The van der Waals surface area contributed by atoms with Gasteiger partial charge < -0.3 is 16.2 Å². The quantitative estimate of drug-likeness (QED) is 0.676. The van der Waals surface area contributed by atoms with Gasteiger partial charge in [-0.2, -0.15) is 5.26 Å². The Morgan fingerprint density at radius 2 is 2.10 bits per heavy atom. The van der Waals surface area contributed by atoms with Gasteiger partial charge in [0.2, 0.25) is 0 Å². The van der Waals surface area contributed by atoms with Crippen molar-refractivity contribution in [2.75, 3.05) is 13.1 Å². The molecular weight excluding hydrogens is 396 g/mol. The molecule has 2 heterocycles. The van der Waals surface area contributed by atoms with Crippen molar-refractivity contribution in [3.63, 3.8) is 0 Å². The van der Waals surface area contributed by atoms with E-state index in [4.69, 9.17) is 17.3 Å². The van der Waals surface area contributed by atoms with Crippen LogP contribution in [0.5, 0.6) is 0 Å². The lowest BCUT2D eigenvalue weighted by atomic mass is 9.70. The highest BCUT2D eigenvalue weighted by Crippen LogP contribution is 2.41. The number of nitrogens with zero attached hydrogens (tertiary/aromatic N) is 4. The molecule has 1 aliphatic heterocycles. The van der Waals surface area contributed by atoms with Gasteiger partial charge in [0.05, 0.1) is 11.6 Å². The minimum atomic E-state index is -1.91. The normalized spacial score (nSPS) is 22.3. The number of rotatable bonds is 2. The second-order valence-corrected chi connectivity index (χ2v) is 8.42. The first-order valence-corrected chi connectivity index (χ1v) is 9.33. The molecule has 1 aliphatic rings. The fourth-order valence-corrected chi connectivity index (χ4v) is 4.14. The highest BCUT2D eigenvalue weighted by Gasteiger charge is 2.60. The lowest BCUT2D eigenvalue weighted by Gasteiger charge is -2.52. The van der Waals surface area contributed by atoms with Crippen LogP contribution < -0.4 is 11.1 Å². The summed E-state index contributed by atoms with van der Waals surface area (Å²) in [5.74, 6) is -1.07. The van der Waals surface area contributed by atoms with Gasteiger partial charge in [-0.1, -0.05) is 32.4 Å². The molecule has 0 radical (unpaired) electrons. The molecule has 2 aromatic rings. The van der Waals surface area contributed by atoms with E-state index in [1.54, 1.807) is 12.1 Å². The highest BCUT2D eigenvalue weighted by molar-refractivity contribution is 6.31. The van der Waals surface area contributed by atoms with Crippen LogP contribution in [0.15, 0.2) is 18.2 Å². The molecule has 1 fully saturated rings. The zero-order valence-corrected chi connectivity index (χ0v) is 17.0. The van der Waals surface area contributed by atoms with Crippen LogP contribution >= 0.6 is 11.6 Å². The van der Waals surface area contributed by atoms with E-state index in [9.17, 15) is 20.0 Å². The van der Waals surface area contributed by atoms with Crippen LogP contribution in [0.25, 0.3) is 10.9 Å². The third-order valence-electron chi connectivity index (χ3n) is 5.11. The van der Waals surface area contributed by atoms with E-state index in [0.717, 1.165) is 4.90 Å². The molecule has 0 bridgehead atoms. The molecular formula is C19H21ClN6O3. The fraction of sp³-hybridized carbons (Fsp3) is 0.421. The number of carboxylic acid groups (broad SMARTS) is 1. The third kappa shape index (κ3) is 3.24. The monoisotopic (exact) mass is 416 g/mol. The minimum absolute atomic E-state index is 0.00365. The molecule has 0 aliphatic carbocycles. The van der Waals surface area contributed by atoms with E-state index in [1.165, 1.54) is 6.07 Å². The molecule has 10 heteroatoms. The Hall–Kier alpha value is -2.96. The van der Waals surface area contributed by atoms with Crippen molar-refractivity contribution in [1.82, 2.24) is 20.2 Å². The Morgan fingerprint density at radius 3 is 2.66 bits per heavy atom. The molecule has 4 N–H and O–H groups in total. The summed E-state index contributed by atoms with van der Waals surface area (Å²) in [6, 6.07) is 5.99. The van der Waals surface area contributed by atoms with E-state index >= 15 is 0 Å². The molecule has 0 spiro atoms. The molecule has 2 amide bonds. The Labute approximate surface area is 172 Å². The van der Waals surface area contributed by atoms with Crippen LogP contribution in [0.3, 0.4) is 0 Å². The number of carbonyl (C=O) groups is 2. The van der Waals surface area contributed by atoms with Gasteiger partial charge in [0.25, 0.3) is 5.91 Å².